The van der Waals surface area contributed by atoms with Crippen molar-refractivity contribution >= 4 is 7.82 Å². The fraction of sp³-hybridized carbons (Fsp3) is 0.500. The number of nitrogens with one attached hydrogen (secondary N) is 1. The minimum absolute atomic E-state index is 0.145. The highest BCUT2D eigenvalue weighted by Crippen LogP contribution is 2.57. The van der Waals surface area contributed by atoms with Crippen LogP contribution in [0.5, 0.6) is 0 Å². The van der Waals surface area contributed by atoms with E-state index in [1.165, 1.54) is 13.1 Å². The van der Waals surface area contributed by atoms with Crippen molar-refractivity contribution in [3.8, 4) is 0 Å². The average molecular weight is 484 g/mol. The van der Waals surface area contributed by atoms with Crippen LogP contribution in [0.1, 0.15) is 29.2 Å². The van der Waals surface area contributed by atoms with Crippen molar-refractivity contribution in [1.82, 2.24) is 9.55 Å². The lowest BCUT2D eigenvalue weighted by Gasteiger charge is -2.30. The number of aromatic amines is 1. The van der Waals surface area contributed by atoms with Crippen LogP contribution in [0.3, 0.4) is 0 Å². The van der Waals surface area contributed by atoms with E-state index >= 15 is 4.39 Å². The molecule has 2 aromatic rings. The number of halogens is 1. The summed E-state index contributed by atoms with van der Waals surface area (Å²) in [6.45, 7) is 2.00. The number of phosphoric ester groups is 1. The van der Waals surface area contributed by atoms with Gasteiger partial charge in [0.1, 0.15) is 12.2 Å². The second-order valence-electron chi connectivity index (χ2n) is 7.85. The maximum Gasteiger partial charge on any atom is 0.475 e. The first kappa shape index (κ1) is 22.6. The normalized spacial score (nSPS) is 32.2. The number of hydrogen-bond donors (Lipinski definition) is 1. The molecule has 0 spiro atoms. The molecule has 0 bridgehead atoms. The summed E-state index contributed by atoms with van der Waals surface area (Å²) in [6.07, 6.45) is -4.78. The molecule has 3 fully saturated rings. The topological polar surface area (TPSA) is 127 Å². The zero-order valence-electron chi connectivity index (χ0n) is 17.5. The SMILES string of the molecule is Cc1cn([C@H]2O[C@H]3COP(=O)(OCc4ccccc4C4OCCO4)O[C@@H]3[C@H]2F)c(=O)[nH]c1=O. The number of ether oxygens (including phenoxy) is 3. The van der Waals surface area contributed by atoms with Crippen molar-refractivity contribution in [2.75, 3.05) is 19.8 Å². The van der Waals surface area contributed by atoms with Crippen LogP contribution >= 0.6 is 7.82 Å². The lowest BCUT2D eigenvalue weighted by atomic mass is 10.1. The quantitative estimate of drug-likeness (QED) is 0.633. The Balaban J connectivity index is 1.30. The average Bonchev–Trinajstić information content (AvgIpc) is 3.44. The molecule has 5 rings (SSSR count). The van der Waals surface area contributed by atoms with Gasteiger partial charge in [0, 0.05) is 17.3 Å². The molecule has 11 nitrogen and oxygen atoms in total. The number of rotatable bonds is 5. The molecule has 1 aromatic heterocycles. The van der Waals surface area contributed by atoms with Gasteiger partial charge in [0.25, 0.3) is 5.56 Å². The van der Waals surface area contributed by atoms with Crippen LogP contribution in [0, 0.1) is 6.92 Å². The highest BCUT2D eigenvalue weighted by molar-refractivity contribution is 7.48. The van der Waals surface area contributed by atoms with E-state index in [0.29, 0.717) is 18.8 Å². The van der Waals surface area contributed by atoms with Gasteiger partial charge in [-0.2, -0.15) is 0 Å². The second kappa shape index (κ2) is 8.88. The van der Waals surface area contributed by atoms with Crippen LogP contribution in [0.25, 0.3) is 0 Å². The van der Waals surface area contributed by atoms with Gasteiger partial charge in [-0.25, -0.2) is 13.8 Å². The number of hydrogen-bond acceptors (Lipinski definition) is 9. The molecule has 0 radical (unpaired) electrons. The molecular formula is C20H22FN2O9P. The van der Waals surface area contributed by atoms with E-state index in [-0.39, 0.29) is 18.8 Å². The molecule has 5 atom stereocenters. The number of H-pyrrole nitrogens is 1. The molecular weight excluding hydrogens is 462 g/mol. The van der Waals surface area contributed by atoms with Crippen molar-refractivity contribution in [2.45, 2.75) is 44.4 Å². The van der Waals surface area contributed by atoms with Crippen LogP contribution in [-0.4, -0.2) is 47.8 Å². The van der Waals surface area contributed by atoms with E-state index in [0.717, 1.165) is 10.1 Å². The van der Waals surface area contributed by atoms with Gasteiger partial charge in [0.2, 0.25) is 0 Å². The number of benzene rings is 1. The lowest BCUT2D eigenvalue weighted by Crippen LogP contribution is -2.39. The Labute approximate surface area is 186 Å². The fourth-order valence-corrected chi connectivity index (χ4v) is 5.32. The third-order valence-corrected chi connectivity index (χ3v) is 7.06. The molecule has 0 saturated carbocycles. The van der Waals surface area contributed by atoms with Gasteiger partial charge in [0.15, 0.2) is 18.7 Å². The molecule has 3 aliphatic heterocycles. The molecule has 13 heteroatoms. The molecule has 0 aliphatic carbocycles. The summed E-state index contributed by atoms with van der Waals surface area (Å²) >= 11 is 0. The van der Waals surface area contributed by atoms with Crippen LogP contribution in [0.15, 0.2) is 40.1 Å². The standard InChI is InChI=1S/C20H22FN2O9P/c1-11-8-23(20(25)22-17(11)24)18-15(21)16-14(31-18)10-30-33(26,32-16)29-9-12-4-2-3-5-13(12)19-27-6-7-28-19/h2-5,8,14-16,18-19H,6-7,9-10H2,1H3,(H,22,24,25)/t14-,15+,16-,18-,33?/m0/s1. The predicted octanol–water partition coefficient (Wildman–Crippen LogP) is 1.87. The predicted molar refractivity (Wildman–Crippen MR) is 109 cm³/mol. The first-order valence-corrected chi connectivity index (χ1v) is 11.8. The van der Waals surface area contributed by atoms with E-state index in [9.17, 15) is 14.2 Å². The van der Waals surface area contributed by atoms with Gasteiger partial charge in [-0.1, -0.05) is 24.3 Å². The van der Waals surface area contributed by atoms with Gasteiger partial charge < -0.3 is 14.2 Å². The largest absolute Gasteiger partial charge is 0.475 e. The van der Waals surface area contributed by atoms with E-state index in [1.807, 2.05) is 6.07 Å². The summed E-state index contributed by atoms with van der Waals surface area (Å²) in [5.41, 5.74) is 0.178. The molecule has 3 aliphatic rings. The zero-order chi connectivity index (χ0) is 23.2. The maximum atomic E-state index is 15.2. The molecule has 3 saturated heterocycles. The van der Waals surface area contributed by atoms with E-state index in [4.69, 9.17) is 27.8 Å². The van der Waals surface area contributed by atoms with Crippen LogP contribution < -0.4 is 11.2 Å². The summed E-state index contributed by atoms with van der Waals surface area (Å²) < 4.78 is 62.0. The van der Waals surface area contributed by atoms with E-state index < -0.39 is 50.0 Å². The number of fused-ring (bicyclic) bond motifs is 1. The molecule has 0 amide bonds. The minimum atomic E-state index is -4.13. The molecule has 1 aromatic carbocycles. The van der Waals surface area contributed by atoms with Crippen LogP contribution in [-0.2, 0) is 39.0 Å². The fourth-order valence-electron chi connectivity index (χ4n) is 3.95. The summed E-state index contributed by atoms with van der Waals surface area (Å²) in [6, 6.07) is 7.16. The second-order valence-corrected chi connectivity index (χ2v) is 9.47. The van der Waals surface area contributed by atoms with Gasteiger partial charge >= 0.3 is 13.5 Å². The highest BCUT2D eigenvalue weighted by Gasteiger charge is 2.54. The summed E-state index contributed by atoms with van der Waals surface area (Å²) in [5, 5.41) is 0. The number of aryl methyl sites for hydroxylation is 1. The lowest BCUT2D eigenvalue weighted by molar-refractivity contribution is -0.0734. The maximum absolute atomic E-state index is 15.2. The van der Waals surface area contributed by atoms with Crippen molar-refractivity contribution in [1.29, 1.82) is 0 Å². The Bertz CT molecular complexity index is 1190. The van der Waals surface area contributed by atoms with Crippen molar-refractivity contribution in [3.05, 3.63) is 68.0 Å². The van der Waals surface area contributed by atoms with Gasteiger partial charge in [-0.05, 0) is 12.5 Å². The molecule has 1 N–H and O–H groups in total. The Morgan fingerprint density at radius 1 is 1.24 bits per heavy atom. The molecule has 4 heterocycles. The smallest absolute Gasteiger partial charge is 0.346 e. The van der Waals surface area contributed by atoms with E-state index in [1.54, 1.807) is 18.2 Å². The van der Waals surface area contributed by atoms with E-state index in [2.05, 4.69) is 4.98 Å². The monoisotopic (exact) mass is 484 g/mol. The number of alkyl halides is 1. The number of nitrogens with zero attached hydrogens (tertiary/aromatic N) is 1. The first-order valence-electron chi connectivity index (χ1n) is 10.3. The summed E-state index contributed by atoms with van der Waals surface area (Å²) in [4.78, 5) is 25.9. The van der Waals surface area contributed by atoms with Gasteiger partial charge in [0.05, 0.1) is 26.4 Å². The highest BCUT2D eigenvalue weighted by atomic mass is 31.2. The van der Waals surface area contributed by atoms with Gasteiger partial charge in [-0.3, -0.25) is 27.9 Å². The molecule has 178 valence electrons. The third-order valence-electron chi connectivity index (χ3n) is 5.64. The third kappa shape index (κ3) is 4.35. The molecule has 33 heavy (non-hydrogen) atoms. The van der Waals surface area contributed by atoms with Crippen LogP contribution in [0.2, 0.25) is 0 Å². The molecule has 1 unspecified atom stereocenters. The number of phosphoric acid groups is 1. The summed E-state index contributed by atoms with van der Waals surface area (Å²) in [5.74, 6) is 0. The Hall–Kier alpha value is -2.18. The van der Waals surface area contributed by atoms with Gasteiger partial charge in [-0.15, -0.1) is 0 Å². The van der Waals surface area contributed by atoms with Crippen molar-refractivity contribution in [2.24, 2.45) is 0 Å². The van der Waals surface area contributed by atoms with Crippen molar-refractivity contribution in [3.63, 3.8) is 0 Å². The van der Waals surface area contributed by atoms with Crippen molar-refractivity contribution < 1.29 is 36.7 Å². The first-order chi connectivity index (χ1) is 15.8. The summed E-state index contributed by atoms with van der Waals surface area (Å²) in [7, 11) is -4.13. The minimum Gasteiger partial charge on any atom is -0.346 e. The Morgan fingerprint density at radius 3 is 2.79 bits per heavy atom. The zero-order valence-corrected chi connectivity index (χ0v) is 18.4. The number of aromatic nitrogens is 2. The van der Waals surface area contributed by atoms with Crippen LogP contribution in [0.4, 0.5) is 4.39 Å². The Kier molecular flexibility index (Phi) is 6.08. The Morgan fingerprint density at radius 2 is 2.00 bits per heavy atom.